The molecule has 6 heteroatoms. The molecule has 6 nitrogen and oxygen atoms in total. The summed E-state index contributed by atoms with van der Waals surface area (Å²) in [6, 6.07) is 0. The number of piperazine rings is 1. The van der Waals surface area contributed by atoms with E-state index >= 15 is 0 Å². The van der Waals surface area contributed by atoms with Gasteiger partial charge < -0.3 is 10.2 Å². The van der Waals surface area contributed by atoms with Crippen molar-refractivity contribution in [1.29, 1.82) is 0 Å². The summed E-state index contributed by atoms with van der Waals surface area (Å²) in [6.45, 7) is 5.47. The minimum Gasteiger partial charge on any atom is -0.314 e. The summed E-state index contributed by atoms with van der Waals surface area (Å²) in [5.41, 5.74) is 0. The first-order chi connectivity index (χ1) is 6.84. The van der Waals surface area contributed by atoms with Crippen LogP contribution in [0.5, 0.6) is 0 Å². The Morgan fingerprint density at radius 2 is 2.14 bits per heavy atom. The topological polar surface area (TPSA) is 58.9 Å². The van der Waals surface area contributed by atoms with Crippen LogP contribution in [0, 0.1) is 0 Å². The van der Waals surface area contributed by atoms with Crippen LogP contribution in [-0.4, -0.2) is 57.8 Å². The summed E-state index contributed by atoms with van der Waals surface area (Å²) < 4.78 is 0. The number of nitrogens with zero attached hydrogens (tertiary/aromatic N) is 5. The maximum atomic E-state index is 4.15. The quantitative estimate of drug-likeness (QED) is 0.648. The molecule has 1 aliphatic rings. The fraction of sp³-hybridized carbons (Fsp3) is 0.875. The Morgan fingerprint density at radius 3 is 2.79 bits per heavy atom. The van der Waals surface area contributed by atoms with Crippen molar-refractivity contribution in [1.82, 2.24) is 30.4 Å². The standard InChI is InChI=1S/C8H16N6/c1-13-11-8(10-12-13)2-5-14-6-3-9-4-7-14/h9H,2-7H2,1H3. The monoisotopic (exact) mass is 196 g/mol. The molecule has 1 aliphatic heterocycles. The van der Waals surface area contributed by atoms with Crippen LogP contribution in [0.3, 0.4) is 0 Å². The first-order valence-electron chi connectivity index (χ1n) is 5.00. The molecule has 0 aromatic carbocycles. The van der Waals surface area contributed by atoms with Gasteiger partial charge in [-0.1, -0.05) is 0 Å². The zero-order valence-electron chi connectivity index (χ0n) is 8.48. The van der Waals surface area contributed by atoms with E-state index in [1.807, 2.05) is 0 Å². The van der Waals surface area contributed by atoms with E-state index in [1.54, 1.807) is 7.05 Å². The van der Waals surface area contributed by atoms with Gasteiger partial charge in [-0.3, -0.25) is 0 Å². The normalized spacial score (nSPS) is 18.6. The second-order valence-corrected chi connectivity index (χ2v) is 3.54. The van der Waals surface area contributed by atoms with Gasteiger partial charge in [0.2, 0.25) is 0 Å². The summed E-state index contributed by atoms with van der Waals surface area (Å²) in [6.07, 6.45) is 0.897. The molecule has 1 N–H and O–H groups in total. The lowest BCUT2D eigenvalue weighted by atomic mass is 10.3. The van der Waals surface area contributed by atoms with Crippen molar-refractivity contribution in [3.63, 3.8) is 0 Å². The average molecular weight is 196 g/mol. The molecule has 0 unspecified atom stereocenters. The maximum Gasteiger partial charge on any atom is 0.176 e. The number of hydrogen-bond donors (Lipinski definition) is 1. The van der Waals surface area contributed by atoms with E-state index in [-0.39, 0.29) is 0 Å². The van der Waals surface area contributed by atoms with E-state index in [1.165, 1.54) is 4.80 Å². The van der Waals surface area contributed by atoms with E-state index in [2.05, 4.69) is 25.6 Å². The predicted molar refractivity (Wildman–Crippen MR) is 51.8 cm³/mol. The number of tetrazole rings is 1. The number of aryl methyl sites for hydroxylation is 1. The molecule has 0 amide bonds. The van der Waals surface area contributed by atoms with Gasteiger partial charge in [-0.25, -0.2) is 0 Å². The van der Waals surface area contributed by atoms with Crippen LogP contribution < -0.4 is 5.32 Å². The molecule has 0 radical (unpaired) electrons. The van der Waals surface area contributed by atoms with Gasteiger partial charge in [-0.15, -0.1) is 10.2 Å². The van der Waals surface area contributed by atoms with Crippen LogP contribution in [0.4, 0.5) is 0 Å². The Morgan fingerprint density at radius 1 is 1.36 bits per heavy atom. The highest BCUT2D eigenvalue weighted by atomic mass is 15.6. The van der Waals surface area contributed by atoms with E-state index < -0.39 is 0 Å². The first kappa shape index (κ1) is 9.54. The number of hydrogen-bond acceptors (Lipinski definition) is 5. The van der Waals surface area contributed by atoms with Crippen molar-refractivity contribution < 1.29 is 0 Å². The van der Waals surface area contributed by atoms with Crippen LogP contribution in [0.2, 0.25) is 0 Å². The average Bonchev–Trinajstić information content (AvgIpc) is 2.63. The molecule has 14 heavy (non-hydrogen) atoms. The summed E-state index contributed by atoms with van der Waals surface area (Å²) in [7, 11) is 1.79. The maximum absolute atomic E-state index is 4.15. The number of rotatable bonds is 3. The van der Waals surface area contributed by atoms with E-state index in [4.69, 9.17) is 0 Å². The summed E-state index contributed by atoms with van der Waals surface area (Å²) in [5, 5.41) is 15.2. The summed E-state index contributed by atoms with van der Waals surface area (Å²) in [5.74, 6) is 0.839. The van der Waals surface area contributed by atoms with Crippen molar-refractivity contribution in [2.24, 2.45) is 7.05 Å². The third kappa shape index (κ3) is 2.49. The lowest BCUT2D eigenvalue weighted by Crippen LogP contribution is -2.44. The van der Waals surface area contributed by atoms with E-state index in [0.29, 0.717) is 0 Å². The number of aromatic nitrogens is 4. The van der Waals surface area contributed by atoms with Crippen LogP contribution in [0.15, 0.2) is 0 Å². The van der Waals surface area contributed by atoms with Crippen LogP contribution in [0.1, 0.15) is 5.82 Å². The van der Waals surface area contributed by atoms with Crippen molar-refractivity contribution in [3.05, 3.63) is 5.82 Å². The van der Waals surface area contributed by atoms with Gasteiger partial charge in [0, 0.05) is 39.1 Å². The fourth-order valence-corrected chi connectivity index (χ4v) is 1.62. The Labute approximate surface area is 83.3 Å². The van der Waals surface area contributed by atoms with Crippen molar-refractivity contribution >= 4 is 0 Å². The SMILES string of the molecule is Cn1nnc(CCN2CCNCC2)n1. The highest BCUT2D eigenvalue weighted by Crippen LogP contribution is 1.95. The third-order valence-electron chi connectivity index (χ3n) is 2.41. The van der Waals surface area contributed by atoms with Gasteiger partial charge in [-0.05, 0) is 5.21 Å². The van der Waals surface area contributed by atoms with Crippen LogP contribution in [0.25, 0.3) is 0 Å². The lowest BCUT2D eigenvalue weighted by molar-refractivity contribution is 0.242. The minimum absolute atomic E-state index is 0.839. The minimum atomic E-state index is 0.839. The van der Waals surface area contributed by atoms with Crippen molar-refractivity contribution in [2.75, 3.05) is 32.7 Å². The smallest absolute Gasteiger partial charge is 0.176 e. The molecule has 1 aromatic rings. The molecule has 78 valence electrons. The molecule has 0 atom stereocenters. The lowest BCUT2D eigenvalue weighted by Gasteiger charge is -2.26. The molecular weight excluding hydrogens is 180 g/mol. The first-order valence-corrected chi connectivity index (χ1v) is 5.00. The Hall–Kier alpha value is -1.01. The Bertz CT molecular complexity index is 277. The van der Waals surface area contributed by atoms with Crippen molar-refractivity contribution in [3.8, 4) is 0 Å². The van der Waals surface area contributed by atoms with E-state index in [0.717, 1.165) is 45.0 Å². The molecule has 2 rings (SSSR count). The zero-order valence-corrected chi connectivity index (χ0v) is 8.48. The molecule has 0 saturated carbocycles. The second-order valence-electron chi connectivity index (χ2n) is 3.54. The van der Waals surface area contributed by atoms with Gasteiger partial charge >= 0.3 is 0 Å². The largest absolute Gasteiger partial charge is 0.314 e. The fourth-order valence-electron chi connectivity index (χ4n) is 1.62. The number of nitrogens with one attached hydrogen (secondary N) is 1. The van der Waals surface area contributed by atoms with Gasteiger partial charge in [0.05, 0.1) is 7.05 Å². The van der Waals surface area contributed by atoms with Crippen molar-refractivity contribution in [2.45, 2.75) is 6.42 Å². The molecule has 1 aromatic heterocycles. The highest BCUT2D eigenvalue weighted by Gasteiger charge is 2.10. The summed E-state index contributed by atoms with van der Waals surface area (Å²) >= 11 is 0. The van der Waals surface area contributed by atoms with E-state index in [9.17, 15) is 0 Å². The molecule has 0 spiro atoms. The molecule has 0 bridgehead atoms. The van der Waals surface area contributed by atoms with Gasteiger partial charge in [0.15, 0.2) is 5.82 Å². The molecule has 2 heterocycles. The molecular formula is C8H16N6. The molecule has 0 aliphatic carbocycles. The summed E-state index contributed by atoms with van der Waals surface area (Å²) in [4.78, 5) is 3.93. The van der Waals surface area contributed by atoms with Gasteiger partial charge in [0.25, 0.3) is 0 Å². The highest BCUT2D eigenvalue weighted by molar-refractivity contribution is 4.79. The Balaban J connectivity index is 1.76. The predicted octanol–water partition coefficient (Wildman–Crippen LogP) is -1.34. The van der Waals surface area contributed by atoms with Gasteiger partial charge in [-0.2, -0.15) is 4.80 Å². The zero-order chi connectivity index (χ0) is 9.80. The third-order valence-corrected chi connectivity index (χ3v) is 2.41. The molecule has 1 fully saturated rings. The second kappa shape index (κ2) is 4.47. The Kier molecular flexibility index (Phi) is 3.05. The van der Waals surface area contributed by atoms with Crippen LogP contribution in [-0.2, 0) is 13.5 Å². The molecule has 1 saturated heterocycles. The van der Waals surface area contributed by atoms with Gasteiger partial charge in [0.1, 0.15) is 0 Å². The van der Waals surface area contributed by atoms with Crippen LogP contribution >= 0.6 is 0 Å².